The largest absolute Gasteiger partial charge is 0.480 e. The van der Waals surface area contributed by atoms with Gasteiger partial charge in [0.15, 0.2) is 0 Å². The van der Waals surface area contributed by atoms with Crippen LogP contribution in [0, 0.1) is 0 Å². The Morgan fingerprint density at radius 3 is 0.906 bits per heavy atom. The summed E-state index contributed by atoms with van der Waals surface area (Å²) in [6.45, 7) is 10.4. The first-order valence-corrected chi connectivity index (χ1v) is 33.4. The van der Waals surface area contributed by atoms with E-state index >= 15 is 0 Å². The van der Waals surface area contributed by atoms with Crippen molar-refractivity contribution in [1.29, 1.82) is 0 Å². The third-order valence-corrected chi connectivity index (χ3v) is 15.5. The predicted molar refractivity (Wildman–Crippen MR) is 402 cm³/mol. The molecule has 26 heteroatoms. The number of pyridine rings is 3. The lowest BCUT2D eigenvalue weighted by atomic mass is 9.98. The van der Waals surface area contributed by atoms with Gasteiger partial charge in [-0.1, -0.05) is 182 Å². The van der Waals surface area contributed by atoms with Crippen LogP contribution in [-0.2, 0) is 38.2 Å². The van der Waals surface area contributed by atoms with Crippen molar-refractivity contribution in [2.45, 2.75) is 128 Å². The van der Waals surface area contributed by atoms with E-state index in [9.17, 15) is 67.7 Å². The zero-order valence-corrected chi connectivity index (χ0v) is 60.2. The van der Waals surface area contributed by atoms with Gasteiger partial charge in [-0.15, -0.1) is 12.4 Å². The fourth-order valence-electron chi connectivity index (χ4n) is 10.7. The van der Waals surface area contributed by atoms with E-state index in [-0.39, 0.29) is 73.7 Å². The van der Waals surface area contributed by atoms with Gasteiger partial charge in [-0.05, 0) is 131 Å². The van der Waals surface area contributed by atoms with Crippen molar-refractivity contribution in [3.05, 3.63) is 318 Å². The van der Waals surface area contributed by atoms with Gasteiger partial charge in [0.25, 0.3) is 28.5 Å². The van der Waals surface area contributed by atoms with Crippen molar-refractivity contribution in [2.24, 2.45) is 22.9 Å². The summed E-state index contributed by atoms with van der Waals surface area (Å²) >= 11 is 0. The van der Waals surface area contributed by atoms with Crippen molar-refractivity contribution in [1.82, 2.24) is 24.3 Å². The number of halogens is 1. The number of carboxylic acids is 2. The Hall–Kier alpha value is -12.4. The first-order chi connectivity index (χ1) is 49.8. The number of carbonyl (C=O) groups is 9. The third kappa shape index (κ3) is 25.9. The lowest BCUT2D eigenvalue weighted by Gasteiger charge is -2.25. The lowest BCUT2D eigenvalue weighted by Crippen LogP contribution is -2.46. The minimum Gasteiger partial charge on any atom is -0.480 e. The molecule has 6 aromatic carbocycles. The van der Waals surface area contributed by atoms with Crippen molar-refractivity contribution in [3.63, 3.8) is 0 Å². The molecule has 0 aliphatic rings. The number of nitrogens with two attached hydrogens (primary N) is 4. The number of aliphatic carboxylic acids is 1. The topological polar surface area (TPSA) is 407 Å². The molecule has 0 saturated heterocycles. The molecule has 3 heterocycles. The van der Waals surface area contributed by atoms with E-state index in [1.54, 1.807) is 78.3 Å². The second-order valence-electron chi connectivity index (χ2n) is 26.0. The van der Waals surface area contributed by atoms with E-state index in [4.69, 9.17) is 32.4 Å². The summed E-state index contributed by atoms with van der Waals surface area (Å²) in [5.74, 6) is -7.08. The van der Waals surface area contributed by atoms with Gasteiger partial charge in [0, 0.05) is 37.9 Å². The number of primary amides is 3. The highest BCUT2D eigenvalue weighted by Crippen LogP contribution is 2.29. The van der Waals surface area contributed by atoms with Crippen LogP contribution in [0.3, 0.4) is 0 Å². The number of hydrogen-bond donors (Lipinski definition) is 8. The number of hydrogen-bond acceptors (Lipinski definition) is 15. The molecular weight excluding hydrogens is 1380 g/mol. The molecule has 0 fully saturated rings. The zero-order chi connectivity index (χ0) is 77.0. The molecule has 25 nitrogen and oxygen atoms in total. The van der Waals surface area contributed by atoms with Crippen LogP contribution in [0.15, 0.2) is 251 Å². The quantitative estimate of drug-likeness (QED) is 0.0235. The highest BCUT2D eigenvalue weighted by Gasteiger charge is 2.31. The molecule has 0 saturated carbocycles. The summed E-state index contributed by atoms with van der Waals surface area (Å²) < 4.78 is 14.8. The number of ether oxygens (including phenoxy) is 2. The number of benzene rings is 6. The van der Waals surface area contributed by atoms with Crippen LogP contribution >= 0.6 is 12.4 Å². The number of aromatic carboxylic acids is 1. The molecule has 9 rings (SSSR count). The smallest absolute Gasteiger partial charge is 0.341 e. The summed E-state index contributed by atoms with van der Waals surface area (Å²) in [6, 6.07) is 61.1. The zero-order valence-electron chi connectivity index (χ0n) is 59.4. The first kappa shape index (κ1) is 84.3. The number of aromatic nitrogens is 3. The van der Waals surface area contributed by atoms with Crippen LogP contribution < -0.4 is 50.2 Å². The molecule has 12 N–H and O–H groups in total. The number of rotatable bonds is 26. The van der Waals surface area contributed by atoms with Gasteiger partial charge in [0.2, 0.25) is 17.7 Å². The Morgan fingerprint density at radius 1 is 0.377 bits per heavy atom. The number of carboxylic acid groups (broad SMARTS) is 2. The Bertz CT molecular complexity index is 4490. The van der Waals surface area contributed by atoms with Crippen LogP contribution in [0.1, 0.15) is 163 Å². The standard InChI is InChI=1S/C28H31N3O5.C24H23N3O5.C19H15NO3.C9H18N2O3.ClH/c1-28(2,3)36-27(35)22(16-17-23(29)32)30-25(33)21-15-10-18-31(26(21)34)24(19-11-6-4-7-12-19)20-13-8-5-9-14-20;25-20(28)14-13-19(24(31)32)26-22(29)18-12-7-15-27(23(18)30)21(16-8-3-1-4-9-16)17-10-5-2-6-11-17;21-18-16(19(22)23)12-7-13-20(18)17(14-8-3-1-4-9-14)15-10-5-2-6-11-15;1-9(2,3)14-8(13)6(10)4-5-7(11)12;/h4-15,18,22,24H,16-17H2,1-3H3,(H2,29,32)(H,30,33);1-12,15,19,21H,13-14H2,(H2,25,28)(H,26,29)(H,31,32);1-13,17H,(H,22,23);6H,4-5,10H2,1-3H3,(H2,11,12);1H/t22-;19-;;6-;/m00.0./s1. The fraction of sp³-hybridized carbons (Fsp3) is 0.250. The number of amides is 5. The normalized spacial score (nSPS) is 11.7. The van der Waals surface area contributed by atoms with Gasteiger partial charge in [0.1, 0.15) is 46.0 Å². The molecule has 0 aliphatic carbocycles. The van der Waals surface area contributed by atoms with Gasteiger partial charge in [0.05, 0.1) is 18.1 Å². The van der Waals surface area contributed by atoms with E-state index < -0.39 is 112 Å². The van der Waals surface area contributed by atoms with Crippen LogP contribution in [0.4, 0.5) is 0 Å². The molecule has 0 bridgehead atoms. The highest BCUT2D eigenvalue weighted by atomic mass is 35.5. The van der Waals surface area contributed by atoms with Crippen LogP contribution in [0.5, 0.6) is 0 Å². The molecule has 9 aromatic rings. The summed E-state index contributed by atoms with van der Waals surface area (Å²) in [5.41, 5.74) is 22.5. The number of esters is 2. The van der Waals surface area contributed by atoms with E-state index in [2.05, 4.69) is 10.6 Å². The summed E-state index contributed by atoms with van der Waals surface area (Å²) in [5, 5.41) is 23.4. The Kier molecular flexibility index (Phi) is 32.2. The maximum atomic E-state index is 13.6. The minimum absolute atomic E-state index is 0. The van der Waals surface area contributed by atoms with E-state index in [1.165, 1.54) is 31.9 Å². The number of nitrogens with zero attached hydrogens (tertiary/aromatic N) is 3. The molecule has 106 heavy (non-hydrogen) atoms. The molecule has 0 spiro atoms. The molecule has 0 radical (unpaired) electrons. The molecule has 5 amide bonds. The van der Waals surface area contributed by atoms with Gasteiger partial charge in [-0.25, -0.2) is 14.4 Å². The third-order valence-electron chi connectivity index (χ3n) is 15.5. The van der Waals surface area contributed by atoms with Gasteiger partial charge < -0.3 is 67.0 Å². The highest BCUT2D eigenvalue weighted by molar-refractivity contribution is 5.97. The van der Waals surface area contributed by atoms with Gasteiger partial charge in [-0.2, -0.15) is 0 Å². The lowest BCUT2D eigenvalue weighted by molar-refractivity contribution is -0.158. The monoisotopic (exact) mass is 1470 g/mol. The molecule has 0 aliphatic heterocycles. The van der Waals surface area contributed by atoms with Crippen molar-refractivity contribution < 1.29 is 62.8 Å². The van der Waals surface area contributed by atoms with Gasteiger partial charge in [-0.3, -0.25) is 43.2 Å². The van der Waals surface area contributed by atoms with E-state index in [0.29, 0.717) is 0 Å². The Balaban J connectivity index is 0.000000265. The molecular formula is C80H88ClN9O16. The van der Waals surface area contributed by atoms with E-state index in [1.807, 2.05) is 182 Å². The summed E-state index contributed by atoms with van der Waals surface area (Å²) in [7, 11) is 0. The second-order valence-corrected chi connectivity index (χ2v) is 26.0. The number of nitrogens with one attached hydrogen (secondary N) is 2. The van der Waals surface area contributed by atoms with Crippen LogP contribution in [0.25, 0.3) is 0 Å². The summed E-state index contributed by atoms with van der Waals surface area (Å²) in [6.07, 6.45) is 4.60. The van der Waals surface area contributed by atoms with Crippen LogP contribution in [0.2, 0.25) is 0 Å². The minimum atomic E-state index is -1.35. The van der Waals surface area contributed by atoms with Crippen molar-refractivity contribution in [3.8, 4) is 0 Å². The Labute approximate surface area is 618 Å². The molecule has 3 aromatic heterocycles. The van der Waals surface area contributed by atoms with E-state index in [0.717, 1.165) is 33.4 Å². The molecule has 3 atom stereocenters. The van der Waals surface area contributed by atoms with Crippen LogP contribution in [-0.4, -0.2) is 107 Å². The predicted octanol–water partition coefficient (Wildman–Crippen LogP) is 8.65. The second kappa shape index (κ2) is 40.5. The molecule has 0 unspecified atom stereocenters. The summed E-state index contributed by atoms with van der Waals surface area (Å²) in [4.78, 5) is 145. The maximum absolute atomic E-state index is 13.6. The maximum Gasteiger partial charge on any atom is 0.341 e. The van der Waals surface area contributed by atoms with Gasteiger partial charge >= 0.3 is 23.9 Å². The first-order valence-electron chi connectivity index (χ1n) is 33.4. The fourth-order valence-corrected chi connectivity index (χ4v) is 10.7. The van der Waals surface area contributed by atoms with Crippen molar-refractivity contribution in [2.75, 3.05) is 0 Å². The average molecular weight is 1470 g/mol. The number of carbonyl (C=O) groups excluding carboxylic acids is 7. The van der Waals surface area contributed by atoms with Crippen molar-refractivity contribution >= 4 is 65.8 Å². The average Bonchev–Trinajstić information content (AvgIpc) is 0.799. The molecule has 556 valence electrons. The SMILES string of the molecule is CC(C)(C)OC(=O)[C@@H](N)CCC(N)=O.CC(C)(C)OC(=O)[C@H](CCC(N)=O)NC(=O)c1cccn(C(c2ccccc2)c2ccccc2)c1=O.Cl.NC(=O)CC[C@H](NC(=O)c1cccn(C(c2ccccc2)c2ccccc2)c1=O)C(=O)O.O=C(O)c1cccn(C(c2ccccc2)c2ccccc2)c1=O. The Morgan fingerprint density at radius 2 is 0.632 bits per heavy atom.